The van der Waals surface area contributed by atoms with E-state index in [2.05, 4.69) is 11.6 Å². The minimum atomic E-state index is -3.38. The second-order valence-electron chi connectivity index (χ2n) is 5.74. The van der Waals surface area contributed by atoms with E-state index >= 15 is 0 Å². The van der Waals surface area contributed by atoms with Gasteiger partial charge in [0, 0.05) is 6.04 Å². The van der Waals surface area contributed by atoms with Crippen LogP contribution in [0.25, 0.3) is 0 Å². The van der Waals surface area contributed by atoms with Crippen molar-refractivity contribution in [2.24, 2.45) is 5.92 Å². The highest BCUT2D eigenvalue weighted by molar-refractivity contribution is 7.89. The van der Waals surface area contributed by atoms with Crippen LogP contribution in [0.2, 0.25) is 0 Å². The maximum absolute atomic E-state index is 12.4. The first-order valence-corrected chi connectivity index (χ1v) is 8.48. The van der Waals surface area contributed by atoms with Crippen molar-refractivity contribution in [2.75, 3.05) is 0 Å². The van der Waals surface area contributed by atoms with Crippen LogP contribution in [-0.2, 0) is 10.0 Å². The summed E-state index contributed by atoms with van der Waals surface area (Å²) in [5, 5.41) is 0. The molecule has 0 radical (unpaired) electrons. The molecule has 0 aromatic heterocycles. The Labute approximate surface area is 116 Å². The Kier molecular flexibility index (Phi) is 4.31. The largest absolute Gasteiger partial charge is 0.240 e. The standard InChI is InChI=1S/C15H23NO2S/c1-11-8-9-14(10-13(11)3)19(17,18)16-15-7-5-4-6-12(15)2/h8-10,12,15-16H,4-7H2,1-3H3/t12-,15-/m0/s1. The van der Waals surface area contributed by atoms with Crippen molar-refractivity contribution in [2.45, 2.75) is 57.4 Å². The number of aryl methyl sites for hydroxylation is 2. The van der Waals surface area contributed by atoms with E-state index in [-0.39, 0.29) is 6.04 Å². The molecule has 0 aliphatic heterocycles. The van der Waals surface area contributed by atoms with Gasteiger partial charge in [-0.1, -0.05) is 25.8 Å². The Hall–Kier alpha value is -0.870. The molecule has 0 amide bonds. The van der Waals surface area contributed by atoms with E-state index in [9.17, 15) is 8.42 Å². The molecule has 1 saturated carbocycles. The van der Waals surface area contributed by atoms with Gasteiger partial charge >= 0.3 is 0 Å². The summed E-state index contributed by atoms with van der Waals surface area (Å²) in [6, 6.07) is 5.40. The van der Waals surface area contributed by atoms with Crippen molar-refractivity contribution in [1.29, 1.82) is 0 Å². The Bertz CT molecular complexity index is 551. The Morgan fingerprint density at radius 3 is 2.42 bits per heavy atom. The van der Waals surface area contributed by atoms with Gasteiger partial charge in [0.05, 0.1) is 4.90 Å². The normalized spacial score (nSPS) is 24.4. The number of benzene rings is 1. The van der Waals surface area contributed by atoms with Crippen LogP contribution in [0, 0.1) is 19.8 Å². The van der Waals surface area contributed by atoms with Crippen LogP contribution in [0.4, 0.5) is 0 Å². The second-order valence-corrected chi connectivity index (χ2v) is 7.45. The van der Waals surface area contributed by atoms with Crippen LogP contribution in [0.1, 0.15) is 43.7 Å². The fourth-order valence-corrected chi connectivity index (χ4v) is 4.10. The first kappa shape index (κ1) is 14.5. The van der Waals surface area contributed by atoms with Gasteiger partial charge in [-0.05, 0) is 55.9 Å². The summed E-state index contributed by atoms with van der Waals surface area (Å²) in [4.78, 5) is 0.383. The summed E-state index contributed by atoms with van der Waals surface area (Å²) >= 11 is 0. The molecular formula is C15H23NO2S. The average molecular weight is 281 g/mol. The van der Waals surface area contributed by atoms with E-state index in [0.29, 0.717) is 10.8 Å². The zero-order valence-electron chi connectivity index (χ0n) is 11.9. The number of sulfonamides is 1. The fraction of sp³-hybridized carbons (Fsp3) is 0.600. The summed E-state index contributed by atoms with van der Waals surface area (Å²) < 4.78 is 27.7. The predicted molar refractivity (Wildman–Crippen MR) is 77.7 cm³/mol. The molecule has 19 heavy (non-hydrogen) atoms. The molecule has 2 atom stereocenters. The first-order chi connectivity index (χ1) is 8.90. The molecule has 0 bridgehead atoms. The van der Waals surface area contributed by atoms with E-state index in [4.69, 9.17) is 0 Å². The lowest BCUT2D eigenvalue weighted by Gasteiger charge is -2.29. The zero-order chi connectivity index (χ0) is 14.0. The molecule has 1 aromatic carbocycles. The van der Waals surface area contributed by atoms with Gasteiger partial charge in [-0.3, -0.25) is 0 Å². The number of rotatable bonds is 3. The van der Waals surface area contributed by atoms with E-state index in [0.717, 1.165) is 30.4 Å². The highest BCUT2D eigenvalue weighted by Gasteiger charge is 2.26. The van der Waals surface area contributed by atoms with Crippen LogP contribution in [0.3, 0.4) is 0 Å². The highest BCUT2D eigenvalue weighted by Crippen LogP contribution is 2.25. The summed E-state index contributed by atoms with van der Waals surface area (Å²) in [6.07, 6.45) is 4.39. The predicted octanol–water partition coefficient (Wildman–Crippen LogP) is 3.16. The molecule has 0 unspecified atom stereocenters. The van der Waals surface area contributed by atoms with E-state index in [1.807, 2.05) is 19.9 Å². The minimum Gasteiger partial charge on any atom is -0.208 e. The summed E-state index contributed by atoms with van der Waals surface area (Å²) in [6.45, 7) is 6.06. The van der Waals surface area contributed by atoms with Gasteiger partial charge in [-0.15, -0.1) is 0 Å². The van der Waals surface area contributed by atoms with Crippen molar-refractivity contribution in [1.82, 2.24) is 4.72 Å². The summed E-state index contributed by atoms with van der Waals surface area (Å²) in [5.74, 6) is 0.426. The highest BCUT2D eigenvalue weighted by atomic mass is 32.2. The van der Waals surface area contributed by atoms with Crippen LogP contribution in [0.5, 0.6) is 0 Å². The molecule has 4 heteroatoms. The summed E-state index contributed by atoms with van der Waals surface area (Å²) in [5.41, 5.74) is 2.13. The van der Waals surface area contributed by atoms with E-state index < -0.39 is 10.0 Å². The lowest BCUT2D eigenvalue weighted by Crippen LogP contribution is -2.40. The second kappa shape index (κ2) is 5.63. The number of hydrogen-bond acceptors (Lipinski definition) is 2. The van der Waals surface area contributed by atoms with Gasteiger partial charge in [0.1, 0.15) is 0 Å². The molecule has 1 aromatic rings. The molecule has 0 saturated heterocycles. The smallest absolute Gasteiger partial charge is 0.208 e. The average Bonchev–Trinajstić information content (AvgIpc) is 2.35. The third-order valence-electron chi connectivity index (χ3n) is 4.21. The van der Waals surface area contributed by atoms with Gasteiger partial charge in [0.15, 0.2) is 0 Å². The third kappa shape index (κ3) is 3.37. The van der Waals surface area contributed by atoms with Gasteiger partial charge in [0.2, 0.25) is 10.0 Å². The van der Waals surface area contributed by atoms with Gasteiger partial charge in [-0.2, -0.15) is 0 Å². The minimum absolute atomic E-state index is 0.0837. The quantitative estimate of drug-likeness (QED) is 0.925. The van der Waals surface area contributed by atoms with Crippen molar-refractivity contribution < 1.29 is 8.42 Å². The molecule has 1 fully saturated rings. The van der Waals surface area contributed by atoms with E-state index in [1.165, 1.54) is 6.42 Å². The Morgan fingerprint density at radius 1 is 1.11 bits per heavy atom. The molecule has 106 valence electrons. The van der Waals surface area contributed by atoms with Gasteiger partial charge in [0.25, 0.3) is 0 Å². The van der Waals surface area contributed by atoms with E-state index in [1.54, 1.807) is 12.1 Å². The van der Waals surface area contributed by atoms with Crippen molar-refractivity contribution in [3.05, 3.63) is 29.3 Å². The molecular weight excluding hydrogens is 258 g/mol. The molecule has 0 spiro atoms. The third-order valence-corrected chi connectivity index (χ3v) is 5.69. The molecule has 1 N–H and O–H groups in total. The van der Waals surface area contributed by atoms with Crippen LogP contribution in [-0.4, -0.2) is 14.5 Å². The molecule has 1 aliphatic rings. The number of hydrogen-bond donors (Lipinski definition) is 1. The van der Waals surface area contributed by atoms with Gasteiger partial charge in [-0.25, -0.2) is 13.1 Å². The topological polar surface area (TPSA) is 46.2 Å². The van der Waals surface area contributed by atoms with Crippen LogP contribution < -0.4 is 4.72 Å². The monoisotopic (exact) mass is 281 g/mol. The zero-order valence-corrected chi connectivity index (χ0v) is 12.8. The fourth-order valence-electron chi connectivity index (χ4n) is 2.64. The van der Waals surface area contributed by atoms with Crippen molar-refractivity contribution >= 4 is 10.0 Å². The maximum Gasteiger partial charge on any atom is 0.240 e. The summed E-state index contributed by atoms with van der Waals surface area (Å²) in [7, 11) is -3.38. The molecule has 2 rings (SSSR count). The maximum atomic E-state index is 12.4. The Morgan fingerprint density at radius 2 is 1.79 bits per heavy atom. The SMILES string of the molecule is Cc1ccc(S(=O)(=O)N[C@H]2CCCC[C@@H]2C)cc1C. The van der Waals surface area contributed by atoms with Gasteiger partial charge < -0.3 is 0 Å². The lowest BCUT2D eigenvalue weighted by molar-refractivity contribution is 0.310. The molecule has 0 heterocycles. The van der Waals surface area contributed by atoms with Crippen molar-refractivity contribution in [3.63, 3.8) is 0 Å². The first-order valence-electron chi connectivity index (χ1n) is 7.00. The van der Waals surface area contributed by atoms with Crippen LogP contribution in [0.15, 0.2) is 23.1 Å². The number of nitrogens with one attached hydrogen (secondary N) is 1. The Balaban J connectivity index is 2.19. The molecule has 1 aliphatic carbocycles. The van der Waals surface area contributed by atoms with Crippen LogP contribution >= 0.6 is 0 Å². The lowest BCUT2D eigenvalue weighted by atomic mass is 9.87. The molecule has 3 nitrogen and oxygen atoms in total. The van der Waals surface area contributed by atoms with Crippen molar-refractivity contribution in [3.8, 4) is 0 Å².